The minimum absolute atomic E-state index is 0.0619. The Bertz CT molecular complexity index is 1130. The Morgan fingerprint density at radius 3 is 2.73 bits per heavy atom. The summed E-state index contributed by atoms with van der Waals surface area (Å²) < 4.78 is 10.4. The van der Waals surface area contributed by atoms with E-state index >= 15 is 0 Å². The highest BCUT2D eigenvalue weighted by Gasteiger charge is 2.15. The first-order chi connectivity index (χ1) is 12.7. The van der Waals surface area contributed by atoms with Crippen molar-refractivity contribution in [3.8, 4) is 11.4 Å². The van der Waals surface area contributed by atoms with E-state index in [4.69, 9.17) is 8.94 Å². The van der Waals surface area contributed by atoms with Crippen LogP contribution in [-0.4, -0.2) is 16.0 Å². The zero-order valence-corrected chi connectivity index (χ0v) is 13.5. The van der Waals surface area contributed by atoms with E-state index < -0.39 is 11.5 Å². The Morgan fingerprint density at radius 2 is 1.88 bits per heavy atom. The lowest BCUT2D eigenvalue weighted by Gasteiger charge is -2.03. The van der Waals surface area contributed by atoms with Gasteiger partial charge in [0.25, 0.3) is 5.91 Å². The number of hydrogen-bond acceptors (Lipinski definition) is 6. The summed E-state index contributed by atoms with van der Waals surface area (Å²) in [5.41, 5.74) is 0.925. The maximum atomic E-state index is 12.3. The van der Waals surface area contributed by atoms with E-state index in [0.29, 0.717) is 28.1 Å². The quantitative estimate of drug-likeness (QED) is 0.570. The van der Waals surface area contributed by atoms with Crippen molar-refractivity contribution < 1.29 is 13.7 Å². The average Bonchev–Trinajstić information content (AvgIpc) is 3.15. The molecule has 0 saturated heterocycles. The van der Waals surface area contributed by atoms with Crippen molar-refractivity contribution in [2.24, 2.45) is 0 Å². The van der Waals surface area contributed by atoms with Crippen LogP contribution in [0, 0.1) is 0 Å². The van der Waals surface area contributed by atoms with Gasteiger partial charge in [-0.1, -0.05) is 29.4 Å². The molecule has 0 aliphatic heterocycles. The Labute approximate surface area is 147 Å². The monoisotopic (exact) mass is 347 g/mol. The van der Waals surface area contributed by atoms with E-state index in [-0.39, 0.29) is 12.1 Å². The topological polar surface area (TPSA) is 98.2 Å². The molecule has 4 rings (SSSR count). The van der Waals surface area contributed by atoms with Crippen LogP contribution in [0.4, 0.5) is 0 Å². The van der Waals surface area contributed by atoms with Crippen molar-refractivity contribution in [1.29, 1.82) is 0 Å². The normalized spacial score (nSPS) is 10.8. The van der Waals surface area contributed by atoms with Crippen LogP contribution < -0.4 is 10.9 Å². The number of nitrogens with one attached hydrogen (secondary N) is 1. The van der Waals surface area contributed by atoms with Gasteiger partial charge in [0.15, 0.2) is 5.76 Å². The first kappa shape index (κ1) is 15.8. The number of hydrogen-bond donors (Lipinski definition) is 1. The summed E-state index contributed by atoms with van der Waals surface area (Å²) in [5.74, 6) is -0.0931. The predicted molar refractivity (Wildman–Crippen MR) is 93.4 cm³/mol. The van der Waals surface area contributed by atoms with Crippen LogP contribution in [0.1, 0.15) is 16.1 Å². The first-order valence-corrected chi connectivity index (χ1v) is 7.89. The highest BCUT2D eigenvalue weighted by atomic mass is 16.5. The third kappa shape index (κ3) is 3.10. The number of rotatable bonds is 4. The molecule has 4 aromatic rings. The summed E-state index contributed by atoms with van der Waals surface area (Å²) in [6.07, 6.45) is 1.66. The number of para-hydroxylation sites is 1. The molecule has 0 fully saturated rings. The number of benzene rings is 1. The zero-order valence-electron chi connectivity index (χ0n) is 13.5. The van der Waals surface area contributed by atoms with Crippen molar-refractivity contribution in [2.45, 2.75) is 6.54 Å². The highest BCUT2D eigenvalue weighted by molar-refractivity contribution is 5.96. The summed E-state index contributed by atoms with van der Waals surface area (Å²) in [7, 11) is 0. The molecule has 0 saturated carbocycles. The van der Waals surface area contributed by atoms with Gasteiger partial charge in [0.2, 0.25) is 0 Å². The molecule has 0 radical (unpaired) electrons. The van der Waals surface area contributed by atoms with E-state index in [2.05, 4.69) is 15.5 Å². The molecule has 0 aliphatic carbocycles. The standard InChI is InChI=1S/C19H13N3O4/c23-18(14-9-12-5-1-2-7-17(12)25-19(14)24)21-11-13-10-16(22-26-13)15-6-3-4-8-20-15/h1-10H,11H2,(H,21,23). The molecule has 0 bridgehead atoms. The van der Waals surface area contributed by atoms with Gasteiger partial charge in [0.1, 0.15) is 16.8 Å². The van der Waals surface area contributed by atoms with Crippen LogP contribution in [0.5, 0.6) is 0 Å². The van der Waals surface area contributed by atoms with Crippen LogP contribution in [0.2, 0.25) is 0 Å². The molecular weight excluding hydrogens is 334 g/mol. The SMILES string of the molecule is O=C(NCc1cc(-c2ccccn2)no1)c1cc2ccccc2oc1=O. The van der Waals surface area contributed by atoms with Crippen molar-refractivity contribution >= 4 is 16.9 Å². The number of nitrogens with zero attached hydrogens (tertiary/aromatic N) is 2. The third-order valence-corrected chi connectivity index (χ3v) is 3.80. The number of carbonyl (C=O) groups is 1. The molecule has 7 heteroatoms. The maximum absolute atomic E-state index is 12.3. The molecule has 7 nitrogen and oxygen atoms in total. The smallest absolute Gasteiger partial charge is 0.349 e. The van der Waals surface area contributed by atoms with Gasteiger partial charge >= 0.3 is 5.63 Å². The van der Waals surface area contributed by atoms with Crippen molar-refractivity contribution in [3.05, 3.63) is 82.5 Å². The molecule has 3 heterocycles. The van der Waals surface area contributed by atoms with Gasteiger partial charge in [0, 0.05) is 17.6 Å². The largest absolute Gasteiger partial charge is 0.422 e. The highest BCUT2D eigenvalue weighted by Crippen LogP contribution is 2.16. The minimum Gasteiger partial charge on any atom is -0.422 e. The second-order valence-corrected chi connectivity index (χ2v) is 5.56. The molecule has 1 amide bonds. The fourth-order valence-electron chi connectivity index (χ4n) is 2.51. The maximum Gasteiger partial charge on any atom is 0.349 e. The molecule has 3 aromatic heterocycles. The molecule has 26 heavy (non-hydrogen) atoms. The van der Waals surface area contributed by atoms with E-state index in [0.717, 1.165) is 0 Å². The van der Waals surface area contributed by atoms with Crippen LogP contribution in [0.3, 0.4) is 0 Å². The minimum atomic E-state index is -0.687. The number of carbonyl (C=O) groups excluding carboxylic acids is 1. The molecule has 1 aromatic carbocycles. The summed E-state index contributed by atoms with van der Waals surface area (Å²) in [6.45, 7) is 0.0882. The van der Waals surface area contributed by atoms with Gasteiger partial charge in [-0.2, -0.15) is 0 Å². The number of amides is 1. The van der Waals surface area contributed by atoms with Crippen molar-refractivity contribution in [1.82, 2.24) is 15.5 Å². The second kappa shape index (κ2) is 6.64. The summed E-state index contributed by atoms with van der Waals surface area (Å²) in [5, 5.41) is 7.23. The Morgan fingerprint density at radius 1 is 1.04 bits per heavy atom. The fourth-order valence-corrected chi connectivity index (χ4v) is 2.51. The van der Waals surface area contributed by atoms with Gasteiger partial charge in [-0.25, -0.2) is 4.79 Å². The van der Waals surface area contributed by atoms with Gasteiger partial charge in [0.05, 0.1) is 12.2 Å². The third-order valence-electron chi connectivity index (χ3n) is 3.80. The Kier molecular flexibility index (Phi) is 4.03. The Hall–Kier alpha value is -3.74. The van der Waals surface area contributed by atoms with Gasteiger partial charge in [-0.05, 0) is 24.3 Å². The second-order valence-electron chi connectivity index (χ2n) is 5.56. The van der Waals surface area contributed by atoms with Crippen molar-refractivity contribution in [3.63, 3.8) is 0 Å². The van der Waals surface area contributed by atoms with E-state index in [9.17, 15) is 9.59 Å². The molecule has 1 N–H and O–H groups in total. The van der Waals surface area contributed by atoms with Crippen LogP contribution in [0.15, 0.2) is 74.5 Å². The van der Waals surface area contributed by atoms with Crippen molar-refractivity contribution in [2.75, 3.05) is 0 Å². The molecule has 0 atom stereocenters. The van der Waals surface area contributed by atoms with Crippen LogP contribution >= 0.6 is 0 Å². The molecule has 0 aliphatic rings. The Balaban J connectivity index is 1.50. The summed E-state index contributed by atoms with van der Waals surface area (Å²) >= 11 is 0. The molecule has 0 unspecified atom stereocenters. The zero-order chi connectivity index (χ0) is 17.9. The molecular formula is C19H13N3O4. The van der Waals surface area contributed by atoms with E-state index in [1.54, 1.807) is 48.7 Å². The predicted octanol–water partition coefficient (Wildman–Crippen LogP) is 2.77. The average molecular weight is 347 g/mol. The van der Waals surface area contributed by atoms with Gasteiger partial charge in [-0.3, -0.25) is 9.78 Å². The van der Waals surface area contributed by atoms with E-state index in [1.807, 2.05) is 6.07 Å². The summed E-state index contributed by atoms with van der Waals surface area (Å²) in [6, 6.07) is 15.7. The van der Waals surface area contributed by atoms with Gasteiger partial charge < -0.3 is 14.3 Å². The lowest BCUT2D eigenvalue weighted by atomic mass is 10.2. The van der Waals surface area contributed by atoms with Gasteiger partial charge in [-0.15, -0.1) is 0 Å². The number of aromatic nitrogens is 2. The van der Waals surface area contributed by atoms with E-state index in [1.165, 1.54) is 6.07 Å². The van der Waals surface area contributed by atoms with Crippen LogP contribution in [-0.2, 0) is 6.54 Å². The fraction of sp³-hybridized carbons (Fsp3) is 0.0526. The number of fused-ring (bicyclic) bond motifs is 1. The first-order valence-electron chi connectivity index (χ1n) is 7.89. The molecule has 0 spiro atoms. The summed E-state index contributed by atoms with van der Waals surface area (Å²) in [4.78, 5) is 28.5. The number of pyridine rings is 1. The lowest BCUT2D eigenvalue weighted by molar-refractivity contribution is 0.0943. The lowest BCUT2D eigenvalue weighted by Crippen LogP contribution is -2.27. The van der Waals surface area contributed by atoms with Crippen LogP contribution in [0.25, 0.3) is 22.4 Å². The molecule has 128 valence electrons.